The summed E-state index contributed by atoms with van der Waals surface area (Å²) in [6.07, 6.45) is -8.10. The zero-order valence-corrected chi connectivity index (χ0v) is 21.9. The van der Waals surface area contributed by atoms with Gasteiger partial charge >= 0.3 is 11.9 Å². The highest BCUT2D eigenvalue weighted by Crippen LogP contribution is 2.40. The van der Waals surface area contributed by atoms with E-state index in [0.29, 0.717) is 5.56 Å². The van der Waals surface area contributed by atoms with Crippen LogP contribution in [0.5, 0.6) is 11.5 Å². The summed E-state index contributed by atoms with van der Waals surface area (Å²) in [5.41, 5.74) is -1.72. The molecule has 3 rings (SSSR count). The summed E-state index contributed by atoms with van der Waals surface area (Å²) in [5, 5.41) is 70.7. The van der Waals surface area contributed by atoms with Crippen LogP contribution in [0, 0.1) is 0 Å². The fourth-order valence-electron chi connectivity index (χ4n) is 4.38. The number of phenolic OH excluding ortho intramolecular Hbond substituents is 2. The molecule has 40 heavy (non-hydrogen) atoms. The number of hydrogen-bond donors (Lipinski definition) is 7. The summed E-state index contributed by atoms with van der Waals surface area (Å²) >= 11 is 0. The van der Waals surface area contributed by atoms with Crippen molar-refractivity contribution in [3.05, 3.63) is 47.2 Å². The predicted molar refractivity (Wildman–Crippen MR) is 132 cm³/mol. The lowest BCUT2D eigenvalue weighted by molar-refractivity contribution is -0.329. The lowest BCUT2D eigenvalue weighted by Crippen LogP contribution is -2.60. The monoisotopic (exact) mass is 570 g/mol. The molecule has 1 saturated heterocycles. The molecule has 7 N–H and O–H groups in total. The van der Waals surface area contributed by atoms with Crippen LogP contribution in [-0.2, 0) is 39.7 Å². The first-order chi connectivity index (χ1) is 18.9. The van der Waals surface area contributed by atoms with E-state index >= 15 is 0 Å². The van der Waals surface area contributed by atoms with Crippen LogP contribution >= 0.6 is 0 Å². The van der Waals surface area contributed by atoms with E-state index in [9.17, 15) is 45.3 Å². The third kappa shape index (κ3) is 6.90. The second kappa shape index (κ2) is 13.4. The van der Waals surface area contributed by atoms with Crippen molar-refractivity contribution < 1.29 is 69.0 Å². The van der Waals surface area contributed by atoms with Crippen LogP contribution in [0.15, 0.2) is 41.7 Å². The van der Waals surface area contributed by atoms with Gasteiger partial charge in [-0.1, -0.05) is 12.1 Å². The van der Waals surface area contributed by atoms with Crippen molar-refractivity contribution in [2.24, 2.45) is 0 Å². The molecule has 0 radical (unpaired) electrons. The van der Waals surface area contributed by atoms with Gasteiger partial charge in [-0.05, 0) is 24.6 Å². The van der Waals surface area contributed by atoms with E-state index in [1.807, 2.05) is 0 Å². The molecule has 0 aromatic heterocycles. The van der Waals surface area contributed by atoms with Crippen molar-refractivity contribution in [1.82, 2.24) is 0 Å². The van der Waals surface area contributed by atoms with Crippen LogP contribution in [-0.4, -0.2) is 111 Å². The molecular formula is C26H34O14. The van der Waals surface area contributed by atoms with E-state index < -0.39 is 74.0 Å². The summed E-state index contributed by atoms with van der Waals surface area (Å²) < 4.78 is 26.5. The summed E-state index contributed by atoms with van der Waals surface area (Å²) in [6, 6.07) is 4.13. The fraction of sp³-hybridized carbons (Fsp3) is 0.538. The van der Waals surface area contributed by atoms with Crippen LogP contribution in [0.2, 0.25) is 0 Å². The van der Waals surface area contributed by atoms with E-state index in [0.717, 1.165) is 13.4 Å². The van der Waals surface area contributed by atoms with E-state index in [-0.39, 0.29) is 35.7 Å². The summed E-state index contributed by atoms with van der Waals surface area (Å²) in [7, 11) is 1.14. The minimum Gasteiger partial charge on any atom is -0.504 e. The number of rotatable bonds is 10. The van der Waals surface area contributed by atoms with Crippen LogP contribution < -0.4 is 0 Å². The molecule has 1 fully saturated rings. The number of carbonyl (C=O) groups excluding carboxylic acids is 2. The zero-order valence-electron chi connectivity index (χ0n) is 21.9. The van der Waals surface area contributed by atoms with Crippen LogP contribution in [0.25, 0.3) is 0 Å². The first-order valence-corrected chi connectivity index (χ1v) is 12.4. The molecule has 2 aliphatic rings. The minimum absolute atomic E-state index is 0.0542. The molecule has 5 unspecified atom stereocenters. The molecule has 14 heteroatoms. The van der Waals surface area contributed by atoms with Gasteiger partial charge in [0.15, 0.2) is 17.8 Å². The number of methoxy groups -OCH3 is 1. The van der Waals surface area contributed by atoms with Crippen LogP contribution in [0.3, 0.4) is 0 Å². The molecule has 2 aliphatic heterocycles. The summed E-state index contributed by atoms with van der Waals surface area (Å²) in [4.78, 5) is 24.9. The second-order valence-electron chi connectivity index (χ2n) is 9.27. The molecule has 0 saturated carbocycles. The summed E-state index contributed by atoms with van der Waals surface area (Å²) in [5.74, 6) is -2.24. The fourth-order valence-corrected chi connectivity index (χ4v) is 4.38. The predicted octanol–water partition coefficient (Wildman–Crippen LogP) is -1.13. The highest BCUT2D eigenvalue weighted by Gasteiger charge is 2.50. The molecule has 1 aromatic carbocycles. The first kappa shape index (κ1) is 31.3. The zero-order chi connectivity index (χ0) is 29.6. The topological polar surface area (TPSA) is 222 Å². The van der Waals surface area contributed by atoms with Gasteiger partial charge in [-0.25, -0.2) is 0 Å². The van der Waals surface area contributed by atoms with Gasteiger partial charge in [0.1, 0.15) is 30.0 Å². The number of ether oxygens (including phenoxy) is 5. The highest BCUT2D eigenvalue weighted by molar-refractivity contribution is 5.76. The smallest absolute Gasteiger partial charge is 0.309 e. The average molecular weight is 571 g/mol. The Labute approximate surface area is 229 Å². The molecule has 0 bridgehead atoms. The number of esters is 2. The van der Waals surface area contributed by atoms with E-state index in [4.69, 9.17) is 18.9 Å². The molecule has 7 atom stereocenters. The maximum atomic E-state index is 12.8. The summed E-state index contributed by atoms with van der Waals surface area (Å²) in [6.45, 7) is 0.661. The van der Waals surface area contributed by atoms with E-state index in [2.05, 4.69) is 4.74 Å². The Morgan fingerprint density at radius 1 is 1.07 bits per heavy atom. The number of aliphatic hydroxyl groups is 5. The van der Waals surface area contributed by atoms with Gasteiger partial charge in [0, 0.05) is 17.6 Å². The Balaban J connectivity index is 1.78. The standard InChI is InChI=1S/C26H34O14/c1-3-15-24(40-25-23(34)22(33)21(32)18(11-27)39-25)38-12-14(9-19(30)36-2)26(15,35)10-20(31)37-7-6-13-4-5-16(28)17(29)8-13/h3-5,8,12,18,21-25,27-29,32-35H,6-7,9-11H2,1-2H3/b15-3-/t18?,21?,22?,23?,24-,25?,26-/m0/s1. The second-order valence-corrected chi connectivity index (χ2v) is 9.27. The van der Waals surface area contributed by atoms with Crippen molar-refractivity contribution in [1.29, 1.82) is 0 Å². The lowest BCUT2D eigenvalue weighted by Gasteiger charge is -2.43. The maximum absolute atomic E-state index is 12.8. The third-order valence-corrected chi connectivity index (χ3v) is 6.67. The SMILES string of the molecule is C/C=C1/[C@H](OC2OC(CO)C(O)C(O)C2O)OC=C(CC(=O)OC)[C@@]1(O)CC(=O)OCCc1ccc(O)c(O)c1. The largest absolute Gasteiger partial charge is 0.504 e. The minimum atomic E-state index is -2.17. The highest BCUT2D eigenvalue weighted by atomic mass is 16.8. The van der Waals surface area contributed by atoms with Crippen LogP contribution in [0.1, 0.15) is 25.3 Å². The van der Waals surface area contributed by atoms with Gasteiger partial charge in [0.05, 0.1) is 39.4 Å². The maximum Gasteiger partial charge on any atom is 0.309 e. The van der Waals surface area contributed by atoms with Crippen LogP contribution in [0.4, 0.5) is 0 Å². The first-order valence-electron chi connectivity index (χ1n) is 12.4. The number of phenols is 2. The average Bonchev–Trinajstić information content (AvgIpc) is 2.92. The third-order valence-electron chi connectivity index (χ3n) is 6.67. The number of hydrogen-bond acceptors (Lipinski definition) is 14. The van der Waals surface area contributed by atoms with Crippen molar-refractivity contribution >= 4 is 11.9 Å². The number of aliphatic hydroxyl groups excluding tert-OH is 4. The normalized spacial score (nSPS) is 31.3. The lowest BCUT2D eigenvalue weighted by atomic mass is 9.80. The van der Waals surface area contributed by atoms with Crippen molar-refractivity contribution in [2.45, 2.75) is 68.8 Å². The molecule has 1 aromatic rings. The Morgan fingerprint density at radius 3 is 2.42 bits per heavy atom. The number of allylic oxidation sites excluding steroid dienone is 1. The van der Waals surface area contributed by atoms with Gasteiger partial charge in [0.2, 0.25) is 6.29 Å². The Bertz CT molecular complexity index is 1110. The van der Waals surface area contributed by atoms with Gasteiger partial charge in [0.25, 0.3) is 0 Å². The van der Waals surface area contributed by atoms with Gasteiger partial charge in [-0.3, -0.25) is 9.59 Å². The Morgan fingerprint density at radius 2 is 1.80 bits per heavy atom. The molecular weight excluding hydrogens is 536 g/mol. The Hall–Kier alpha value is -3.24. The quantitative estimate of drug-likeness (QED) is 0.101. The number of aromatic hydroxyl groups is 2. The Kier molecular flexibility index (Phi) is 10.5. The number of carbonyl (C=O) groups is 2. The van der Waals surface area contributed by atoms with E-state index in [1.165, 1.54) is 31.2 Å². The van der Waals surface area contributed by atoms with Gasteiger partial charge in [-0.15, -0.1) is 0 Å². The molecule has 0 spiro atoms. The van der Waals surface area contributed by atoms with Crippen molar-refractivity contribution in [3.63, 3.8) is 0 Å². The van der Waals surface area contributed by atoms with Crippen molar-refractivity contribution in [2.75, 3.05) is 20.3 Å². The molecule has 14 nitrogen and oxygen atoms in total. The van der Waals surface area contributed by atoms with Gasteiger partial charge in [-0.2, -0.15) is 0 Å². The number of benzene rings is 1. The molecule has 0 aliphatic carbocycles. The molecule has 2 heterocycles. The van der Waals surface area contributed by atoms with Gasteiger partial charge < -0.3 is 59.4 Å². The molecule has 222 valence electrons. The van der Waals surface area contributed by atoms with E-state index in [1.54, 1.807) is 0 Å². The van der Waals surface area contributed by atoms with Crippen molar-refractivity contribution in [3.8, 4) is 11.5 Å². The molecule has 0 amide bonds.